The number of likely N-dealkylation sites (tertiary alicyclic amines) is 1. The van der Waals surface area contributed by atoms with Gasteiger partial charge in [0.15, 0.2) is 0 Å². The molecule has 5 rings (SSSR count). The molecule has 2 aromatic heterocycles. The van der Waals surface area contributed by atoms with E-state index in [9.17, 15) is 0 Å². The van der Waals surface area contributed by atoms with E-state index in [1.807, 2.05) is 32.0 Å². The molecule has 3 unspecified atom stereocenters. The molecule has 32 heavy (non-hydrogen) atoms. The third-order valence-corrected chi connectivity index (χ3v) is 5.98. The maximum atomic E-state index is 6.04. The summed E-state index contributed by atoms with van der Waals surface area (Å²) < 4.78 is 11.6. The van der Waals surface area contributed by atoms with E-state index in [0.29, 0.717) is 18.3 Å². The monoisotopic (exact) mass is 431 g/mol. The highest BCUT2D eigenvalue weighted by Crippen LogP contribution is 2.43. The Morgan fingerprint density at radius 2 is 2.00 bits per heavy atom. The third kappa shape index (κ3) is 4.74. The topological polar surface area (TPSA) is 75.7 Å². The summed E-state index contributed by atoms with van der Waals surface area (Å²) >= 11 is 0. The number of nitrogens with one attached hydrogen (secondary N) is 1. The molecule has 7 nitrogen and oxygen atoms in total. The van der Waals surface area contributed by atoms with Crippen molar-refractivity contribution in [2.75, 3.05) is 25.0 Å². The Labute approximate surface area is 188 Å². The van der Waals surface area contributed by atoms with E-state index in [4.69, 9.17) is 14.5 Å². The third-order valence-electron chi connectivity index (χ3n) is 5.98. The van der Waals surface area contributed by atoms with Crippen molar-refractivity contribution in [1.29, 1.82) is 0 Å². The van der Waals surface area contributed by atoms with E-state index in [-0.39, 0.29) is 12.3 Å². The highest BCUT2D eigenvalue weighted by atomic mass is 16.6. The van der Waals surface area contributed by atoms with Crippen LogP contribution in [0, 0.1) is 6.92 Å². The molecule has 4 heterocycles. The predicted molar refractivity (Wildman–Crippen MR) is 123 cm³/mol. The first-order valence-electron chi connectivity index (χ1n) is 11.4. The van der Waals surface area contributed by atoms with Crippen LogP contribution in [-0.4, -0.2) is 45.8 Å². The Morgan fingerprint density at radius 3 is 2.84 bits per heavy atom. The van der Waals surface area contributed by atoms with Crippen molar-refractivity contribution in [1.82, 2.24) is 19.9 Å². The van der Waals surface area contributed by atoms with Gasteiger partial charge in [-0.15, -0.1) is 0 Å². The van der Waals surface area contributed by atoms with Gasteiger partial charge in [0, 0.05) is 37.3 Å². The summed E-state index contributed by atoms with van der Waals surface area (Å²) in [6.07, 6.45) is 4.34. The second-order valence-corrected chi connectivity index (χ2v) is 8.35. The van der Waals surface area contributed by atoms with Gasteiger partial charge in [0.1, 0.15) is 35.5 Å². The molecule has 2 saturated heterocycles. The number of hydrogen-bond acceptors (Lipinski definition) is 7. The van der Waals surface area contributed by atoms with Crippen molar-refractivity contribution in [2.45, 2.75) is 44.9 Å². The smallest absolute Gasteiger partial charge is 0.142 e. The Morgan fingerprint density at radius 1 is 1.12 bits per heavy atom. The number of pyridine rings is 1. The Hall–Kier alpha value is -3.03. The number of rotatable bonds is 7. The first-order chi connectivity index (χ1) is 15.7. The molecule has 2 aliphatic rings. The zero-order valence-corrected chi connectivity index (χ0v) is 18.6. The van der Waals surface area contributed by atoms with Gasteiger partial charge in [-0.05, 0) is 38.3 Å². The Kier molecular flexibility index (Phi) is 6.01. The van der Waals surface area contributed by atoms with Gasteiger partial charge >= 0.3 is 0 Å². The maximum Gasteiger partial charge on any atom is 0.142 e. The summed E-state index contributed by atoms with van der Waals surface area (Å²) in [4.78, 5) is 16.2. The van der Waals surface area contributed by atoms with Crippen LogP contribution in [-0.2, 0) is 4.74 Å². The van der Waals surface area contributed by atoms with E-state index in [1.165, 1.54) is 5.56 Å². The predicted octanol–water partition coefficient (Wildman–Crippen LogP) is 4.60. The van der Waals surface area contributed by atoms with Crippen LogP contribution in [0.3, 0.4) is 0 Å². The number of anilines is 2. The molecule has 2 fully saturated rings. The minimum absolute atomic E-state index is 0.172. The lowest BCUT2D eigenvalue weighted by Crippen LogP contribution is -2.37. The van der Waals surface area contributed by atoms with Crippen LogP contribution in [0.4, 0.5) is 11.6 Å². The molecule has 166 valence electrons. The lowest BCUT2D eigenvalue weighted by Gasteiger charge is -2.31. The Bertz CT molecular complexity index is 1060. The number of nitrogens with zero attached hydrogens (tertiary/aromatic N) is 4. The van der Waals surface area contributed by atoms with Crippen LogP contribution >= 0.6 is 0 Å². The molecule has 0 aliphatic carbocycles. The number of benzene rings is 1. The number of aromatic nitrogens is 3. The number of epoxide rings is 1. The van der Waals surface area contributed by atoms with Crippen LogP contribution in [0.2, 0.25) is 0 Å². The van der Waals surface area contributed by atoms with Crippen molar-refractivity contribution in [3.8, 4) is 5.75 Å². The zero-order valence-electron chi connectivity index (χ0n) is 18.6. The highest BCUT2D eigenvalue weighted by Gasteiger charge is 2.46. The van der Waals surface area contributed by atoms with Gasteiger partial charge in [0.2, 0.25) is 0 Å². The molecular formula is C25H29N5O2. The molecule has 0 amide bonds. The summed E-state index contributed by atoms with van der Waals surface area (Å²) in [6.45, 7) is 6.54. The summed E-state index contributed by atoms with van der Waals surface area (Å²) in [5, 5.41) is 3.32. The fourth-order valence-electron chi connectivity index (χ4n) is 4.48. The lowest BCUT2D eigenvalue weighted by atomic mass is 9.94. The summed E-state index contributed by atoms with van der Waals surface area (Å²) in [6, 6.07) is 16.3. The van der Waals surface area contributed by atoms with Crippen LogP contribution in [0.25, 0.3) is 0 Å². The minimum Gasteiger partial charge on any atom is -0.494 e. The first-order valence-corrected chi connectivity index (χ1v) is 11.4. The van der Waals surface area contributed by atoms with E-state index in [2.05, 4.69) is 50.5 Å². The van der Waals surface area contributed by atoms with Crippen molar-refractivity contribution in [3.05, 3.63) is 71.8 Å². The Balaban J connectivity index is 1.28. The van der Waals surface area contributed by atoms with Gasteiger partial charge in [0.25, 0.3) is 0 Å². The second-order valence-electron chi connectivity index (χ2n) is 8.35. The van der Waals surface area contributed by atoms with Crippen molar-refractivity contribution < 1.29 is 9.47 Å². The molecule has 0 saturated carbocycles. The van der Waals surface area contributed by atoms with E-state index < -0.39 is 0 Å². The number of aryl methyl sites for hydroxylation is 1. The molecule has 0 radical (unpaired) electrons. The quantitative estimate of drug-likeness (QED) is 0.548. The fraction of sp³-hybridized carbons (Fsp3) is 0.400. The zero-order chi connectivity index (χ0) is 21.9. The largest absolute Gasteiger partial charge is 0.494 e. The van der Waals surface area contributed by atoms with Crippen molar-refractivity contribution in [2.24, 2.45) is 0 Å². The van der Waals surface area contributed by atoms with Gasteiger partial charge in [0.05, 0.1) is 12.3 Å². The number of hydrogen-bond donors (Lipinski definition) is 1. The molecule has 7 heteroatoms. The van der Waals surface area contributed by atoms with Gasteiger partial charge in [-0.2, -0.15) is 0 Å². The standard InChI is InChI=1S/C25H29N5O2/c1-3-31-20-11-12-26-22(14-20)29-23-15-21(27-17(2)28-23)19-10-7-13-30(16-19)25-24(32-25)18-8-5-4-6-9-18/h4-6,8-9,11-12,14-15,19,24-25H,3,7,10,13,16H2,1-2H3,(H,26,27,28,29). The molecule has 0 bridgehead atoms. The molecular weight excluding hydrogens is 402 g/mol. The molecule has 0 spiro atoms. The van der Waals surface area contributed by atoms with Crippen molar-refractivity contribution >= 4 is 11.6 Å². The van der Waals surface area contributed by atoms with Crippen LogP contribution < -0.4 is 10.1 Å². The van der Waals surface area contributed by atoms with E-state index in [0.717, 1.165) is 49.0 Å². The average molecular weight is 432 g/mol. The van der Waals surface area contributed by atoms with Crippen molar-refractivity contribution in [3.63, 3.8) is 0 Å². The SMILES string of the molecule is CCOc1ccnc(Nc2cc(C3CCCN(C4OC4c4ccccc4)C3)nc(C)n2)c1. The highest BCUT2D eigenvalue weighted by molar-refractivity contribution is 5.54. The number of ether oxygens (including phenoxy) is 2. The average Bonchev–Trinajstić information content (AvgIpc) is 3.61. The van der Waals surface area contributed by atoms with Crippen LogP contribution in [0.15, 0.2) is 54.7 Å². The molecule has 3 aromatic rings. The summed E-state index contributed by atoms with van der Waals surface area (Å²) in [7, 11) is 0. The molecule has 2 aliphatic heterocycles. The van der Waals surface area contributed by atoms with Crippen LogP contribution in [0.5, 0.6) is 5.75 Å². The van der Waals surface area contributed by atoms with Gasteiger partial charge in [-0.1, -0.05) is 30.3 Å². The van der Waals surface area contributed by atoms with Gasteiger partial charge in [-0.3, -0.25) is 4.90 Å². The summed E-state index contributed by atoms with van der Waals surface area (Å²) in [5.74, 6) is 3.37. The molecule has 1 N–H and O–H groups in total. The van der Waals surface area contributed by atoms with Crippen LogP contribution in [0.1, 0.15) is 48.9 Å². The number of piperidine rings is 1. The summed E-state index contributed by atoms with van der Waals surface area (Å²) in [5.41, 5.74) is 2.33. The first kappa shape index (κ1) is 20.8. The minimum atomic E-state index is 0.172. The molecule has 3 atom stereocenters. The maximum absolute atomic E-state index is 6.04. The van der Waals surface area contributed by atoms with E-state index in [1.54, 1.807) is 6.20 Å². The lowest BCUT2D eigenvalue weighted by molar-refractivity contribution is 0.135. The van der Waals surface area contributed by atoms with Gasteiger partial charge in [-0.25, -0.2) is 15.0 Å². The van der Waals surface area contributed by atoms with E-state index >= 15 is 0 Å². The second kappa shape index (κ2) is 9.22. The van der Waals surface area contributed by atoms with Gasteiger partial charge < -0.3 is 14.8 Å². The normalized spacial score (nSPS) is 23.0. The molecule has 1 aromatic carbocycles. The fourth-order valence-corrected chi connectivity index (χ4v) is 4.48.